The maximum Gasteiger partial charge on any atom is 0.295 e. The molecule has 0 radical (unpaired) electrons. The monoisotopic (exact) mass is 416 g/mol. The van der Waals surface area contributed by atoms with E-state index in [0.717, 1.165) is 33.6 Å². The first-order valence-corrected chi connectivity index (χ1v) is 9.98. The highest BCUT2D eigenvalue weighted by molar-refractivity contribution is 6.30. The number of rotatable bonds is 4. The zero-order chi connectivity index (χ0) is 21.3. The smallest absolute Gasteiger partial charge is 0.295 e. The van der Waals surface area contributed by atoms with Gasteiger partial charge in [-0.15, -0.1) is 5.10 Å². The van der Waals surface area contributed by atoms with Gasteiger partial charge in [-0.1, -0.05) is 54.1 Å². The Labute approximate surface area is 180 Å². The number of carbonyl (C=O) groups is 1. The van der Waals surface area contributed by atoms with E-state index < -0.39 is 0 Å². The number of amides is 1. The van der Waals surface area contributed by atoms with E-state index >= 15 is 0 Å². The molecule has 1 amide bonds. The van der Waals surface area contributed by atoms with Gasteiger partial charge in [0, 0.05) is 16.3 Å². The molecule has 0 bridgehead atoms. The lowest BCUT2D eigenvalue weighted by molar-refractivity contribution is 0.101. The van der Waals surface area contributed by atoms with Gasteiger partial charge in [0.15, 0.2) is 5.82 Å². The molecule has 4 rings (SSSR count). The SMILES string of the molecule is Cc1ccccc1-n1nc(C(=O)Nc2cccc(C)c2C)nc1-c1cccc(Cl)c1. The fraction of sp³-hybridized carbons (Fsp3) is 0.125. The quantitative estimate of drug-likeness (QED) is 0.459. The minimum absolute atomic E-state index is 0.0918. The fourth-order valence-corrected chi connectivity index (χ4v) is 3.45. The van der Waals surface area contributed by atoms with Gasteiger partial charge in [-0.25, -0.2) is 9.67 Å². The number of aromatic nitrogens is 3. The first-order chi connectivity index (χ1) is 14.4. The lowest BCUT2D eigenvalue weighted by Crippen LogP contribution is -2.15. The van der Waals surface area contributed by atoms with Crippen LogP contribution in [0.3, 0.4) is 0 Å². The van der Waals surface area contributed by atoms with Crippen LogP contribution in [0.4, 0.5) is 5.69 Å². The largest absolute Gasteiger partial charge is 0.319 e. The van der Waals surface area contributed by atoms with E-state index in [4.69, 9.17) is 11.6 Å². The number of halogens is 1. The Morgan fingerprint density at radius 3 is 2.43 bits per heavy atom. The summed E-state index contributed by atoms with van der Waals surface area (Å²) in [4.78, 5) is 17.6. The molecule has 30 heavy (non-hydrogen) atoms. The highest BCUT2D eigenvalue weighted by Crippen LogP contribution is 2.26. The van der Waals surface area contributed by atoms with E-state index in [0.29, 0.717) is 10.8 Å². The van der Waals surface area contributed by atoms with Gasteiger partial charge in [0.2, 0.25) is 5.82 Å². The normalized spacial score (nSPS) is 10.8. The van der Waals surface area contributed by atoms with Gasteiger partial charge in [0.25, 0.3) is 5.91 Å². The summed E-state index contributed by atoms with van der Waals surface area (Å²) >= 11 is 6.20. The van der Waals surface area contributed by atoms with Crippen LogP contribution in [0.25, 0.3) is 17.1 Å². The average molecular weight is 417 g/mol. The van der Waals surface area contributed by atoms with Crippen LogP contribution in [-0.2, 0) is 0 Å². The van der Waals surface area contributed by atoms with Crippen molar-refractivity contribution in [3.05, 3.63) is 94.3 Å². The first kappa shape index (κ1) is 19.9. The van der Waals surface area contributed by atoms with Crippen molar-refractivity contribution in [3.8, 4) is 17.1 Å². The molecule has 1 heterocycles. The summed E-state index contributed by atoms with van der Waals surface area (Å²) in [5.41, 5.74) is 5.52. The third kappa shape index (κ3) is 3.84. The molecule has 150 valence electrons. The Morgan fingerprint density at radius 2 is 1.67 bits per heavy atom. The van der Waals surface area contributed by atoms with E-state index in [2.05, 4.69) is 15.4 Å². The summed E-state index contributed by atoms with van der Waals surface area (Å²) in [6.45, 7) is 5.98. The zero-order valence-corrected chi connectivity index (χ0v) is 17.7. The molecule has 3 aromatic carbocycles. The maximum atomic E-state index is 13.0. The zero-order valence-electron chi connectivity index (χ0n) is 17.0. The molecular formula is C24H21ClN4O. The molecule has 1 aromatic heterocycles. The Bertz CT molecular complexity index is 1250. The van der Waals surface area contributed by atoms with Crippen LogP contribution in [0.15, 0.2) is 66.7 Å². The van der Waals surface area contributed by atoms with Crippen molar-refractivity contribution >= 4 is 23.2 Å². The second-order valence-electron chi connectivity index (χ2n) is 7.17. The van der Waals surface area contributed by atoms with Crippen molar-refractivity contribution in [3.63, 3.8) is 0 Å². The van der Waals surface area contributed by atoms with Gasteiger partial charge in [0.05, 0.1) is 5.69 Å². The van der Waals surface area contributed by atoms with Gasteiger partial charge in [0.1, 0.15) is 0 Å². The van der Waals surface area contributed by atoms with Crippen molar-refractivity contribution in [2.75, 3.05) is 5.32 Å². The number of hydrogen-bond donors (Lipinski definition) is 1. The molecule has 0 fully saturated rings. The minimum Gasteiger partial charge on any atom is -0.319 e. The fourth-order valence-electron chi connectivity index (χ4n) is 3.26. The highest BCUT2D eigenvalue weighted by Gasteiger charge is 2.20. The van der Waals surface area contributed by atoms with Gasteiger partial charge >= 0.3 is 0 Å². The number of nitrogens with one attached hydrogen (secondary N) is 1. The summed E-state index contributed by atoms with van der Waals surface area (Å²) in [5.74, 6) is 0.284. The first-order valence-electron chi connectivity index (χ1n) is 9.60. The number of nitrogens with zero attached hydrogens (tertiary/aromatic N) is 3. The van der Waals surface area contributed by atoms with E-state index in [1.54, 1.807) is 10.7 Å². The molecule has 0 unspecified atom stereocenters. The lowest BCUT2D eigenvalue weighted by atomic mass is 10.1. The number of para-hydroxylation sites is 1. The summed E-state index contributed by atoms with van der Waals surface area (Å²) in [7, 11) is 0. The van der Waals surface area contributed by atoms with Gasteiger partial charge in [-0.3, -0.25) is 4.79 Å². The summed E-state index contributed by atoms with van der Waals surface area (Å²) in [6, 6.07) is 21.0. The molecule has 0 aliphatic rings. The summed E-state index contributed by atoms with van der Waals surface area (Å²) in [5, 5.41) is 8.07. The molecule has 4 aromatic rings. The minimum atomic E-state index is -0.362. The lowest BCUT2D eigenvalue weighted by Gasteiger charge is -2.09. The van der Waals surface area contributed by atoms with E-state index in [-0.39, 0.29) is 11.7 Å². The van der Waals surface area contributed by atoms with Gasteiger partial charge < -0.3 is 5.32 Å². The molecule has 0 saturated carbocycles. The van der Waals surface area contributed by atoms with Crippen LogP contribution in [0, 0.1) is 20.8 Å². The van der Waals surface area contributed by atoms with E-state index in [1.807, 2.05) is 81.4 Å². The second kappa shape index (κ2) is 8.13. The Balaban J connectivity index is 1.80. The van der Waals surface area contributed by atoms with Crippen LogP contribution in [0.1, 0.15) is 27.3 Å². The van der Waals surface area contributed by atoms with E-state index in [1.165, 1.54) is 0 Å². The molecule has 0 atom stereocenters. The Hall–Kier alpha value is -3.44. The standard InChI is InChI=1S/C24H21ClN4O/c1-15-9-6-12-20(17(15)3)26-24(30)22-27-23(18-10-7-11-19(25)14-18)29(28-22)21-13-5-4-8-16(21)2/h4-14H,1-3H3,(H,26,30). The van der Waals surface area contributed by atoms with Crippen molar-refractivity contribution in [1.29, 1.82) is 0 Å². The molecule has 0 aliphatic carbocycles. The topological polar surface area (TPSA) is 59.8 Å². The molecule has 0 aliphatic heterocycles. The Morgan fingerprint density at radius 1 is 0.933 bits per heavy atom. The predicted octanol–water partition coefficient (Wildman–Crippen LogP) is 5.77. The molecule has 5 nitrogen and oxygen atoms in total. The van der Waals surface area contributed by atoms with Crippen LogP contribution in [0.5, 0.6) is 0 Å². The van der Waals surface area contributed by atoms with Crippen LogP contribution >= 0.6 is 11.6 Å². The summed E-state index contributed by atoms with van der Waals surface area (Å²) < 4.78 is 1.69. The van der Waals surface area contributed by atoms with E-state index in [9.17, 15) is 4.79 Å². The molecule has 1 N–H and O–H groups in total. The van der Waals surface area contributed by atoms with Gasteiger partial charge in [-0.2, -0.15) is 0 Å². The van der Waals surface area contributed by atoms with Crippen molar-refractivity contribution in [2.45, 2.75) is 20.8 Å². The molecular weight excluding hydrogens is 396 g/mol. The molecule has 0 saturated heterocycles. The molecule has 6 heteroatoms. The average Bonchev–Trinajstić information content (AvgIpc) is 3.17. The number of aryl methyl sites for hydroxylation is 2. The highest BCUT2D eigenvalue weighted by atomic mass is 35.5. The van der Waals surface area contributed by atoms with Gasteiger partial charge in [-0.05, 0) is 61.7 Å². The summed E-state index contributed by atoms with van der Waals surface area (Å²) in [6.07, 6.45) is 0. The third-order valence-electron chi connectivity index (χ3n) is 5.09. The number of carbonyl (C=O) groups excluding carboxylic acids is 1. The van der Waals surface area contributed by atoms with Crippen molar-refractivity contribution in [2.24, 2.45) is 0 Å². The van der Waals surface area contributed by atoms with Crippen molar-refractivity contribution < 1.29 is 4.79 Å². The van der Waals surface area contributed by atoms with Crippen LogP contribution < -0.4 is 5.32 Å². The molecule has 0 spiro atoms. The third-order valence-corrected chi connectivity index (χ3v) is 5.32. The van der Waals surface area contributed by atoms with Crippen molar-refractivity contribution in [1.82, 2.24) is 14.8 Å². The Kier molecular flexibility index (Phi) is 5.38. The number of anilines is 1. The number of benzene rings is 3. The maximum absolute atomic E-state index is 13.0. The predicted molar refractivity (Wildman–Crippen MR) is 120 cm³/mol. The second-order valence-corrected chi connectivity index (χ2v) is 7.61. The van der Waals surface area contributed by atoms with Crippen LogP contribution in [0.2, 0.25) is 5.02 Å². The van der Waals surface area contributed by atoms with Crippen LogP contribution in [-0.4, -0.2) is 20.7 Å². The number of hydrogen-bond acceptors (Lipinski definition) is 3.